The van der Waals surface area contributed by atoms with Crippen LogP contribution in [0.1, 0.15) is 36.0 Å². The molecule has 0 bridgehead atoms. The predicted molar refractivity (Wildman–Crippen MR) is 114 cm³/mol. The highest BCUT2D eigenvalue weighted by molar-refractivity contribution is 6.30. The second kappa shape index (κ2) is 8.77. The van der Waals surface area contributed by atoms with Crippen LogP contribution in [0.2, 0.25) is 5.02 Å². The SMILES string of the molecule is Cc1ccccc1CC1(Cc2ccc(Cl)cc2)CCC(O)CC1CN(C)C. The first kappa shape index (κ1) is 20.4. The first-order valence-corrected chi connectivity index (χ1v) is 10.4. The van der Waals surface area contributed by atoms with Crippen molar-refractivity contribution < 1.29 is 5.11 Å². The number of nitrogens with zero attached hydrogens (tertiary/aromatic N) is 1. The van der Waals surface area contributed by atoms with Gasteiger partial charge in [0.2, 0.25) is 0 Å². The molecule has 3 atom stereocenters. The third kappa shape index (κ3) is 5.13. The lowest BCUT2D eigenvalue weighted by atomic mass is 9.59. The van der Waals surface area contributed by atoms with Gasteiger partial charge in [0.15, 0.2) is 0 Å². The Hall–Kier alpha value is -1.35. The number of halogens is 1. The van der Waals surface area contributed by atoms with Crippen molar-refractivity contribution in [1.82, 2.24) is 4.90 Å². The minimum Gasteiger partial charge on any atom is -0.393 e. The summed E-state index contributed by atoms with van der Waals surface area (Å²) >= 11 is 6.12. The van der Waals surface area contributed by atoms with Gasteiger partial charge < -0.3 is 10.0 Å². The molecule has 3 unspecified atom stereocenters. The molecule has 1 aliphatic rings. The molecular formula is C24H32ClNO. The summed E-state index contributed by atoms with van der Waals surface area (Å²) in [6.45, 7) is 3.22. The molecule has 146 valence electrons. The van der Waals surface area contributed by atoms with Gasteiger partial charge in [-0.15, -0.1) is 0 Å². The highest BCUT2D eigenvalue weighted by atomic mass is 35.5. The summed E-state index contributed by atoms with van der Waals surface area (Å²) in [5.41, 5.74) is 4.30. The van der Waals surface area contributed by atoms with Crippen LogP contribution < -0.4 is 0 Å². The number of benzene rings is 2. The van der Waals surface area contributed by atoms with Gasteiger partial charge in [0, 0.05) is 11.6 Å². The first-order valence-electron chi connectivity index (χ1n) is 10.00. The highest BCUT2D eigenvalue weighted by Gasteiger charge is 2.43. The van der Waals surface area contributed by atoms with Crippen molar-refractivity contribution in [3.8, 4) is 0 Å². The molecule has 2 nitrogen and oxygen atoms in total. The fourth-order valence-corrected chi connectivity index (χ4v) is 4.91. The average molecular weight is 386 g/mol. The minimum atomic E-state index is -0.176. The van der Waals surface area contributed by atoms with E-state index in [1.54, 1.807) is 0 Å². The Labute approximate surface area is 169 Å². The van der Waals surface area contributed by atoms with Gasteiger partial charge in [-0.2, -0.15) is 0 Å². The fraction of sp³-hybridized carbons (Fsp3) is 0.500. The molecule has 1 N–H and O–H groups in total. The molecule has 1 fully saturated rings. The highest BCUT2D eigenvalue weighted by Crippen LogP contribution is 2.47. The molecule has 2 aromatic rings. The van der Waals surface area contributed by atoms with Gasteiger partial charge in [0.25, 0.3) is 0 Å². The summed E-state index contributed by atoms with van der Waals surface area (Å²) in [4.78, 5) is 2.27. The zero-order chi connectivity index (χ0) is 19.4. The van der Waals surface area contributed by atoms with Crippen molar-refractivity contribution in [1.29, 1.82) is 0 Å². The standard InChI is InChI=1S/C24H32ClNO/c1-18-6-4-5-7-20(18)16-24(15-19-8-10-22(25)11-9-19)13-12-23(27)14-21(24)17-26(2)3/h4-11,21,23,27H,12-17H2,1-3H3. The Kier molecular flexibility index (Phi) is 6.62. The van der Waals surface area contributed by atoms with Crippen LogP contribution in [-0.2, 0) is 12.8 Å². The molecule has 0 amide bonds. The van der Waals surface area contributed by atoms with Crippen molar-refractivity contribution in [2.24, 2.45) is 11.3 Å². The Morgan fingerprint density at radius 2 is 1.78 bits per heavy atom. The van der Waals surface area contributed by atoms with E-state index in [4.69, 9.17) is 11.6 Å². The first-order chi connectivity index (χ1) is 12.9. The van der Waals surface area contributed by atoms with Gasteiger partial charge in [-0.25, -0.2) is 0 Å². The molecule has 0 aromatic heterocycles. The topological polar surface area (TPSA) is 23.5 Å². The summed E-state index contributed by atoms with van der Waals surface area (Å²) in [5.74, 6) is 0.464. The van der Waals surface area contributed by atoms with E-state index >= 15 is 0 Å². The van der Waals surface area contributed by atoms with E-state index in [9.17, 15) is 5.11 Å². The second-order valence-electron chi connectivity index (χ2n) is 8.66. The van der Waals surface area contributed by atoms with Crippen LogP contribution in [0.4, 0.5) is 0 Å². The number of hydrogen-bond donors (Lipinski definition) is 1. The number of aliphatic hydroxyl groups is 1. The Bertz CT molecular complexity index is 740. The lowest BCUT2D eigenvalue weighted by Crippen LogP contribution is -2.46. The molecule has 27 heavy (non-hydrogen) atoms. The van der Waals surface area contributed by atoms with E-state index in [2.05, 4.69) is 62.3 Å². The molecule has 0 saturated heterocycles. The van der Waals surface area contributed by atoms with Gasteiger partial charge >= 0.3 is 0 Å². The van der Waals surface area contributed by atoms with E-state index in [-0.39, 0.29) is 11.5 Å². The lowest BCUT2D eigenvalue weighted by molar-refractivity contribution is -0.00350. The molecule has 0 radical (unpaired) electrons. The second-order valence-corrected chi connectivity index (χ2v) is 9.09. The third-order valence-electron chi connectivity index (χ3n) is 6.26. The largest absolute Gasteiger partial charge is 0.393 e. The van der Waals surface area contributed by atoms with Crippen molar-refractivity contribution >= 4 is 11.6 Å². The maximum Gasteiger partial charge on any atom is 0.0543 e. The molecule has 1 aliphatic carbocycles. The van der Waals surface area contributed by atoms with Crippen LogP contribution in [0.15, 0.2) is 48.5 Å². The van der Waals surface area contributed by atoms with Crippen molar-refractivity contribution in [2.45, 2.75) is 45.1 Å². The molecule has 0 aliphatic heterocycles. The van der Waals surface area contributed by atoms with Crippen LogP contribution in [0.25, 0.3) is 0 Å². The average Bonchev–Trinajstić information content (AvgIpc) is 2.62. The van der Waals surface area contributed by atoms with Gasteiger partial charge in [-0.05, 0) is 93.3 Å². The molecule has 0 heterocycles. The summed E-state index contributed by atoms with van der Waals surface area (Å²) in [5, 5.41) is 11.2. The van der Waals surface area contributed by atoms with Crippen molar-refractivity contribution in [3.63, 3.8) is 0 Å². The van der Waals surface area contributed by atoms with Crippen molar-refractivity contribution in [2.75, 3.05) is 20.6 Å². The van der Waals surface area contributed by atoms with Crippen molar-refractivity contribution in [3.05, 3.63) is 70.2 Å². The van der Waals surface area contributed by atoms with E-state index in [0.717, 1.165) is 43.7 Å². The number of rotatable bonds is 6. The predicted octanol–water partition coefficient (Wildman–Crippen LogP) is 5.14. The maximum absolute atomic E-state index is 10.4. The van der Waals surface area contributed by atoms with Crippen LogP contribution in [0.5, 0.6) is 0 Å². The molecule has 3 heteroatoms. The Balaban J connectivity index is 1.98. The molecule has 2 aromatic carbocycles. The van der Waals surface area contributed by atoms with E-state index in [0.29, 0.717) is 5.92 Å². The molecule has 3 rings (SSSR count). The molecular weight excluding hydrogens is 354 g/mol. The van der Waals surface area contributed by atoms with Crippen LogP contribution in [0.3, 0.4) is 0 Å². The van der Waals surface area contributed by atoms with Crippen LogP contribution in [-0.4, -0.2) is 36.8 Å². The maximum atomic E-state index is 10.4. The van der Waals surface area contributed by atoms with E-state index < -0.39 is 0 Å². The van der Waals surface area contributed by atoms with E-state index in [1.807, 2.05) is 12.1 Å². The zero-order valence-electron chi connectivity index (χ0n) is 16.8. The fourth-order valence-electron chi connectivity index (χ4n) is 4.79. The molecule has 1 saturated carbocycles. The summed E-state index contributed by atoms with van der Waals surface area (Å²) < 4.78 is 0. The molecule has 0 spiro atoms. The Morgan fingerprint density at radius 1 is 1.07 bits per heavy atom. The zero-order valence-corrected chi connectivity index (χ0v) is 17.5. The summed E-state index contributed by atoms with van der Waals surface area (Å²) in [6.07, 6.45) is 4.76. The van der Waals surface area contributed by atoms with Gasteiger partial charge in [-0.3, -0.25) is 0 Å². The summed E-state index contributed by atoms with van der Waals surface area (Å²) in [6, 6.07) is 17.1. The smallest absolute Gasteiger partial charge is 0.0543 e. The monoisotopic (exact) mass is 385 g/mol. The van der Waals surface area contributed by atoms with Crippen LogP contribution in [0, 0.1) is 18.3 Å². The quantitative estimate of drug-likeness (QED) is 0.743. The van der Waals surface area contributed by atoms with E-state index in [1.165, 1.54) is 16.7 Å². The number of aliphatic hydroxyl groups excluding tert-OH is 1. The Morgan fingerprint density at radius 3 is 2.44 bits per heavy atom. The van der Waals surface area contributed by atoms with Gasteiger partial charge in [0.05, 0.1) is 6.10 Å². The lowest BCUT2D eigenvalue weighted by Gasteiger charge is -2.47. The third-order valence-corrected chi connectivity index (χ3v) is 6.51. The minimum absolute atomic E-state index is 0.156. The van der Waals surface area contributed by atoms with Gasteiger partial charge in [0.1, 0.15) is 0 Å². The number of aryl methyl sites for hydroxylation is 1. The normalized spacial score (nSPS) is 25.7. The summed E-state index contributed by atoms with van der Waals surface area (Å²) in [7, 11) is 4.28. The number of hydrogen-bond acceptors (Lipinski definition) is 2. The van der Waals surface area contributed by atoms with Gasteiger partial charge in [-0.1, -0.05) is 48.0 Å². The van der Waals surface area contributed by atoms with Crippen LogP contribution >= 0.6 is 11.6 Å².